The van der Waals surface area contributed by atoms with E-state index in [4.69, 9.17) is 0 Å². The van der Waals surface area contributed by atoms with Gasteiger partial charge in [0.25, 0.3) is 0 Å². The van der Waals surface area contributed by atoms with E-state index < -0.39 is 0 Å². The van der Waals surface area contributed by atoms with Crippen LogP contribution in [0.15, 0.2) is 11.6 Å². The van der Waals surface area contributed by atoms with E-state index in [1.807, 2.05) is 6.92 Å². The molecule has 0 saturated heterocycles. The molecule has 5 aliphatic rings. The Kier molecular flexibility index (Phi) is 5.33. The van der Waals surface area contributed by atoms with Gasteiger partial charge >= 0.3 is 0 Å². The molecule has 0 aromatic heterocycles. The third kappa shape index (κ3) is 2.98. The van der Waals surface area contributed by atoms with Gasteiger partial charge in [-0.3, -0.25) is 9.59 Å². The smallest absolute Gasteiger partial charge is 0.205 e. The van der Waals surface area contributed by atoms with Crippen molar-refractivity contribution in [2.75, 3.05) is 0 Å². The first kappa shape index (κ1) is 24.8. The summed E-state index contributed by atoms with van der Waals surface area (Å²) in [6.07, 6.45) is 16.6. The third-order valence-electron chi connectivity index (χ3n) is 13.4. The highest BCUT2D eigenvalue weighted by atomic mass is 16.1. The van der Waals surface area contributed by atoms with Crippen LogP contribution in [0.4, 0.5) is 0 Å². The Morgan fingerprint density at radius 2 is 1.56 bits per heavy atom. The fourth-order valence-corrected chi connectivity index (χ4v) is 11.2. The van der Waals surface area contributed by atoms with Gasteiger partial charge in [-0.2, -0.15) is 0 Å². The molecule has 0 amide bonds. The summed E-state index contributed by atoms with van der Waals surface area (Å²) in [5, 5.41) is 0. The quantitative estimate of drug-likeness (QED) is 0.386. The predicted octanol–water partition coefficient (Wildman–Crippen LogP) is 8.10. The van der Waals surface area contributed by atoms with Crippen molar-refractivity contribution in [3.05, 3.63) is 11.6 Å². The molecule has 34 heavy (non-hydrogen) atoms. The molecule has 0 N–H and O–H groups in total. The molecule has 1 radical (unpaired) electrons. The van der Waals surface area contributed by atoms with Crippen LogP contribution >= 0.6 is 0 Å². The Morgan fingerprint density at radius 3 is 2.21 bits per heavy atom. The summed E-state index contributed by atoms with van der Waals surface area (Å²) in [5.41, 5.74) is 2.49. The maximum atomic E-state index is 12.6. The van der Waals surface area contributed by atoms with Gasteiger partial charge < -0.3 is 0 Å². The van der Waals surface area contributed by atoms with E-state index in [-0.39, 0.29) is 33.0 Å². The molecule has 0 spiro atoms. The standard InChI is InChI=1S/C32H49O2/c1-21(34)22-11-13-29(6)25(28(22,4)5)12-14-31(8)26(29)10-9-23-24-19-27(2,3)15-17-32(24,20-33)18-16-30(23,31)7/h9,22,24-26H,10-19H2,1-8H3/t22?,24-,25?,26+,29-,30+,31+,32+/m0/s1. The molecule has 189 valence electrons. The molecule has 0 heterocycles. The number of carbonyl (C=O) groups excluding carboxylic acids is 2. The molecule has 0 aromatic carbocycles. The third-order valence-corrected chi connectivity index (χ3v) is 13.4. The van der Waals surface area contributed by atoms with E-state index in [2.05, 4.69) is 60.8 Å². The van der Waals surface area contributed by atoms with Gasteiger partial charge in [-0.15, -0.1) is 0 Å². The Labute approximate surface area is 209 Å². The second-order valence-corrected chi connectivity index (χ2v) is 15.5. The lowest BCUT2D eigenvalue weighted by Gasteiger charge is -2.71. The number of hydrogen-bond acceptors (Lipinski definition) is 2. The lowest BCUT2D eigenvalue weighted by Crippen LogP contribution is -2.64. The van der Waals surface area contributed by atoms with E-state index in [9.17, 15) is 9.59 Å². The zero-order chi connectivity index (χ0) is 24.9. The van der Waals surface area contributed by atoms with Crippen molar-refractivity contribution in [1.29, 1.82) is 0 Å². The van der Waals surface area contributed by atoms with Crippen molar-refractivity contribution in [3.63, 3.8) is 0 Å². The van der Waals surface area contributed by atoms with Gasteiger partial charge in [-0.25, -0.2) is 0 Å². The van der Waals surface area contributed by atoms with Crippen molar-refractivity contribution >= 4 is 12.1 Å². The first-order valence-corrected chi connectivity index (χ1v) is 14.3. The van der Waals surface area contributed by atoms with E-state index in [1.165, 1.54) is 19.3 Å². The molecular weight excluding hydrogens is 416 g/mol. The largest absolute Gasteiger partial charge is 0.300 e. The van der Waals surface area contributed by atoms with Crippen LogP contribution in [-0.4, -0.2) is 12.1 Å². The highest BCUT2D eigenvalue weighted by Crippen LogP contribution is 2.75. The minimum Gasteiger partial charge on any atom is -0.300 e. The molecule has 5 aliphatic carbocycles. The molecule has 4 fully saturated rings. The van der Waals surface area contributed by atoms with Gasteiger partial charge in [0.1, 0.15) is 5.78 Å². The van der Waals surface area contributed by atoms with Crippen LogP contribution < -0.4 is 0 Å². The fraction of sp³-hybridized carbons (Fsp3) is 0.875. The number of fused-ring (bicyclic) bond motifs is 7. The number of ketones is 1. The van der Waals surface area contributed by atoms with Crippen LogP contribution in [0.3, 0.4) is 0 Å². The van der Waals surface area contributed by atoms with Crippen molar-refractivity contribution in [1.82, 2.24) is 0 Å². The van der Waals surface area contributed by atoms with Crippen LogP contribution in [0.2, 0.25) is 0 Å². The fourth-order valence-electron chi connectivity index (χ4n) is 11.2. The van der Waals surface area contributed by atoms with Crippen molar-refractivity contribution < 1.29 is 9.59 Å². The molecule has 2 nitrogen and oxygen atoms in total. The Hall–Kier alpha value is -0.920. The summed E-state index contributed by atoms with van der Waals surface area (Å²) in [6, 6.07) is 0. The number of allylic oxidation sites excluding steroid dienone is 2. The molecule has 2 unspecified atom stereocenters. The monoisotopic (exact) mass is 465 g/mol. The molecule has 8 atom stereocenters. The summed E-state index contributed by atoms with van der Waals surface area (Å²) in [6.45, 7) is 19.2. The number of rotatable bonds is 2. The average molecular weight is 466 g/mol. The second-order valence-electron chi connectivity index (χ2n) is 15.5. The molecule has 5 rings (SSSR count). The predicted molar refractivity (Wildman–Crippen MR) is 139 cm³/mol. The Morgan fingerprint density at radius 1 is 0.882 bits per heavy atom. The van der Waals surface area contributed by atoms with Crippen molar-refractivity contribution in [2.24, 2.45) is 56.2 Å². The number of Topliss-reactive ketones (excluding diaryl/α,β-unsaturated/α-hetero) is 1. The SMILES string of the molecule is CC(=O)C1CC[C@@]2(C)C(CC[C@]3(C)[C@@H]2CC=C2[C@@H]4CC(C)(C)CC[C@]4([C]=O)CC[C@]23C)C1(C)C. The number of hydrogen-bond donors (Lipinski definition) is 0. The highest BCUT2D eigenvalue weighted by molar-refractivity contribution is 5.79. The van der Waals surface area contributed by atoms with Crippen LogP contribution in [-0.2, 0) is 9.59 Å². The number of carbonyl (C=O) groups is 1. The summed E-state index contributed by atoms with van der Waals surface area (Å²) < 4.78 is 0. The first-order valence-electron chi connectivity index (χ1n) is 14.3. The van der Waals surface area contributed by atoms with Gasteiger partial charge in [0, 0.05) is 11.3 Å². The normalized spacial score (nSPS) is 51.1. The average Bonchev–Trinajstić information content (AvgIpc) is 2.73. The molecule has 4 saturated carbocycles. The highest BCUT2D eigenvalue weighted by Gasteiger charge is 2.68. The van der Waals surface area contributed by atoms with Gasteiger partial charge in [0.05, 0.1) is 0 Å². The van der Waals surface area contributed by atoms with Gasteiger partial charge in [0.2, 0.25) is 6.29 Å². The zero-order valence-electron chi connectivity index (χ0n) is 23.3. The van der Waals surface area contributed by atoms with E-state index in [0.29, 0.717) is 29.0 Å². The summed E-state index contributed by atoms with van der Waals surface area (Å²) in [4.78, 5) is 25.1. The molecule has 2 heteroatoms. The van der Waals surface area contributed by atoms with Gasteiger partial charge in [0.15, 0.2) is 0 Å². The zero-order valence-corrected chi connectivity index (χ0v) is 23.3. The molecule has 0 bridgehead atoms. The van der Waals surface area contributed by atoms with Crippen molar-refractivity contribution in [2.45, 2.75) is 120 Å². The van der Waals surface area contributed by atoms with Gasteiger partial charge in [-0.1, -0.05) is 60.1 Å². The lowest BCUT2D eigenvalue weighted by molar-refractivity contribution is -0.190. The summed E-state index contributed by atoms with van der Waals surface area (Å²) in [5.74, 6) is 2.25. The Bertz CT molecular complexity index is 925. The van der Waals surface area contributed by atoms with Crippen LogP contribution in [0.25, 0.3) is 0 Å². The molecule has 0 aliphatic heterocycles. The minimum absolute atomic E-state index is 0.0760. The Balaban J connectivity index is 1.57. The minimum atomic E-state index is -0.243. The first-order chi connectivity index (χ1) is 15.7. The summed E-state index contributed by atoms with van der Waals surface area (Å²) in [7, 11) is 0. The topological polar surface area (TPSA) is 34.1 Å². The van der Waals surface area contributed by atoms with Crippen LogP contribution in [0, 0.1) is 56.2 Å². The van der Waals surface area contributed by atoms with E-state index in [1.54, 1.807) is 5.57 Å². The van der Waals surface area contributed by atoms with E-state index in [0.717, 1.165) is 44.9 Å². The summed E-state index contributed by atoms with van der Waals surface area (Å²) >= 11 is 0. The maximum absolute atomic E-state index is 12.6. The molecular formula is C32H49O2. The second kappa shape index (κ2) is 7.32. The van der Waals surface area contributed by atoms with Crippen LogP contribution in [0.5, 0.6) is 0 Å². The maximum Gasteiger partial charge on any atom is 0.205 e. The van der Waals surface area contributed by atoms with Crippen molar-refractivity contribution in [3.8, 4) is 0 Å². The van der Waals surface area contributed by atoms with Crippen LogP contribution in [0.1, 0.15) is 120 Å². The van der Waals surface area contributed by atoms with E-state index >= 15 is 0 Å². The molecule has 0 aromatic rings. The van der Waals surface area contributed by atoms with Gasteiger partial charge in [-0.05, 0) is 116 Å². The lowest BCUT2D eigenvalue weighted by atomic mass is 9.33.